The number of carbonyl (C=O) groups excluding carboxylic acids is 1. The van der Waals surface area contributed by atoms with E-state index in [2.05, 4.69) is 22.4 Å². The third-order valence-corrected chi connectivity index (χ3v) is 8.44. The minimum Gasteiger partial charge on any atom is -0.342 e. The second-order valence-corrected chi connectivity index (χ2v) is 11.7. The van der Waals surface area contributed by atoms with Gasteiger partial charge in [0.15, 0.2) is 11.0 Å². The highest BCUT2D eigenvalue weighted by molar-refractivity contribution is 7.98. The van der Waals surface area contributed by atoms with Crippen molar-refractivity contribution >= 4 is 23.4 Å². The number of hydrogen-bond donors (Lipinski definition) is 1. The Morgan fingerprint density at radius 1 is 0.889 bits per heavy atom. The van der Waals surface area contributed by atoms with Crippen LogP contribution in [0, 0.1) is 15.9 Å². The summed E-state index contributed by atoms with van der Waals surface area (Å²) >= 11 is 1.40. The van der Waals surface area contributed by atoms with Crippen molar-refractivity contribution < 1.29 is 14.1 Å². The Balaban J connectivity index is 1.49. The molecule has 0 radical (unpaired) electrons. The Labute approximate surface area is 265 Å². The quantitative estimate of drug-likeness (QED) is 0.0581. The number of carbonyl (C=O) groups is 1. The standard InChI is InChI=1S/C35H34FN5O3S/c1-2-3-5-8-25-11-15-28(16-12-25)34(42)37-32(23-26-9-6-4-7-10-26)33-38-39-35(45-24-27-13-17-29(36)18-14-27)40(33)30-19-21-31(22-20-30)41(43)44/h4,6-7,9-22,32H,2-3,5,8,23-24H2,1H3,(H,37,42)/t32-/m1/s1. The van der Waals surface area contributed by atoms with Gasteiger partial charge in [0, 0.05) is 29.1 Å². The lowest BCUT2D eigenvalue weighted by Crippen LogP contribution is -2.32. The number of nitro benzene ring substituents is 1. The van der Waals surface area contributed by atoms with Crippen molar-refractivity contribution in [2.24, 2.45) is 0 Å². The lowest BCUT2D eigenvalue weighted by Gasteiger charge is -2.20. The molecule has 5 rings (SSSR count). The Hall–Kier alpha value is -4.83. The lowest BCUT2D eigenvalue weighted by molar-refractivity contribution is -0.384. The number of nitro groups is 1. The summed E-state index contributed by atoms with van der Waals surface area (Å²) in [5.74, 6) is 0.422. The van der Waals surface area contributed by atoms with E-state index in [0.29, 0.717) is 34.4 Å². The van der Waals surface area contributed by atoms with Gasteiger partial charge in [-0.25, -0.2) is 4.39 Å². The second-order valence-electron chi connectivity index (χ2n) is 10.7. The number of halogens is 1. The smallest absolute Gasteiger partial charge is 0.269 e. The Morgan fingerprint density at radius 2 is 1.58 bits per heavy atom. The normalized spacial score (nSPS) is 11.7. The molecule has 1 amide bonds. The third-order valence-electron chi connectivity index (χ3n) is 7.44. The van der Waals surface area contributed by atoms with Crippen LogP contribution in [0.3, 0.4) is 0 Å². The third kappa shape index (κ3) is 8.42. The summed E-state index contributed by atoms with van der Waals surface area (Å²) in [6.45, 7) is 2.18. The number of non-ortho nitro benzene ring substituents is 1. The van der Waals surface area contributed by atoms with Crippen LogP contribution in [0.5, 0.6) is 0 Å². The maximum atomic E-state index is 13.6. The lowest BCUT2D eigenvalue weighted by atomic mass is 10.0. The summed E-state index contributed by atoms with van der Waals surface area (Å²) in [6.07, 6.45) is 4.85. The largest absolute Gasteiger partial charge is 0.342 e. The molecule has 0 aliphatic heterocycles. The summed E-state index contributed by atoms with van der Waals surface area (Å²) < 4.78 is 15.3. The van der Waals surface area contributed by atoms with E-state index >= 15 is 0 Å². The Kier molecular flexibility index (Phi) is 10.7. The SMILES string of the molecule is CCCCCc1ccc(C(=O)N[C@H](Cc2ccccc2)c2nnc(SCc3ccc(F)cc3)n2-c2ccc([N+](=O)[O-])cc2)cc1. The van der Waals surface area contributed by atoms with Crippen LogP contribution in [0.15, 0.2) is 108 Å². The number of unbranched alkanes of at least 4 members (excludes halogenated alkanes) is 2. The fourth-order valence-corrected chi connectivity index (χ4v) is 5.91. The van der Waals surface area contributed by atoms with Gasteiger partial charge in [-0.05, 0) is 72.4 Å². The fourth-order valence-electron chi connectivity index (χ4n) is 5.00. The van der Waals surface area contributed by atoms with Gasteiger partial charge < -0.3 is 5.32 Å². The first-order valence-corrected chi connectivity index (χ1v) is 15.9. The molecule has 230 valence electrons. The Morgan fingerprint density at radius 3 is 2.24 bits per heavy atom. The molecule has 1 heterocycles. The molecule has 5 aromatic rings. The zero-order valence-corrected chi connectivity index (χ0v) is 25.8. The van der Waals surface area contributed by atoms with Gasteiger partial charge in [0.25, 0.3) is 11.6 Å². The van der Waals surface area contributed by atoms with Gasteiger partial charge in [-0.2, -0.15) is 0 Å². The number of benzene rings is 4. The summed E-state index contributed by atoms with van der Waals surface area (Å²) in [5, 5.41) is 24.1. The predicted molar refractivity (Wildman–Crippen MR) is 174 cm³/mol. The van der Waals surface area contributed by atoms with E-state index in [1.165, 1.54) is 48.0 Å². The monoisotopic (exact) mass is 623 g/mol. The molecule has 0 bridgehead atoms. The molecular formula is C35H34FN5O3S. The molecule has 45 heavy (non-hydrogen) atoms. The molecule has 0 fully saturated rings. The van der Waals surface area contributed by atoms with E-state index in [9.17, 15) is 19.3 Å². The molecular weight excluding hydrogens is 589 g/mol. The molecule has 1 N–H and O–H groups in total. The van der Waals surface area contributed by atoms with Crippen molar-refractivity contribution in [2.75, 3.05) is 0 Å². The van der Waals surface area contributed by atoms with Gasteiger partial charge in [0.1, 0.15) is 5.82 Å². The van der Waals surface area contributed by atoms with E-state index in [1.807, 2.05) is 59.2 Å². The molecule has 0 unspecified atom stereocenters. The van der Waals surface area contributed by atoms with E-state index < -0.39 is 11.0 Å². The van der Waals surface area contributed by atoms with E-state index in [1.54, 1.807) is 24.3 Å². The van der Waals surface area contributed by atoms with Crippen LogP contribution in [0.25, 0.3) is 5.69 Å². The first kappa shape index (κ1) is 31.6. The van der Waals surface area contributed by atoms with E-state index in [0.717, 1.165) is 30.4 Å². The second kappa shape index (κ2) is 15.3. The van der Waals surface area contributed by atoms with Crippen LogP contribution >= 0.6 is 11.8 Å². The summed E-state index contributed by atoms with van der Waals surface area (Å²) in [5.41, 5.74) is 4.20. The van der Waals surface area contributed by atoms with Crippen molar-refractivity contribution in [1.29, 1.82) is 0 Å². The molecule has 8 nitrogen and oxygen atoms in total. The molecule has 4 aromatic carbocycles. The summed E-state index contributed by atoms with van der Waals surface area (Å²) in [4.78, 5) is 24.5. The molecule has 1 aromatic heterocycles. The van der Waals surface area contributed by atoms with Crippen LogP contribution in [0.1, 0.15) is 65.1 Å². The van der Waals surface area contributed by atoms with Crippen LogP contribution < -0.4 is 5.32 Å². The average molecular weight is 624 g/mol. The van der Waals surface area contributed by atoms with Crippen LogP contribution in [-0.2, 0) is 18.6 Å². The zero-order valence-electron chi connectivity index (χ0n) is 24.9. The van der Waals surface area contributed by atoms with Crippen molar-refractivity contribution in [3.8, 4) is 5.69 Å². The Bertz CT molecular complexity index is 1710. The highest BCUT2D eigenvalue weighted by Gasteiger charge is 2.26. The van der Waals surface area contributed by atoms with Gasteiger partial charge in [-0.1, -0.05) is 86.1 Å². The summed E-state index contributed by atoms with van der Waals surface area (Å²) in [6, 6.07) is 29.3. The molecule has 10 heteroatoms. The topological polar surface area (TPSA) is 103 Å². The van der Waals surface area contributed by atoms with Gasteiger partial charge >= 0.3 is 0 Å². The predicted octanol–water partition coefficient (Wildman–Crippen LogP) is 8.05. The molecule has 0 saturated carbocycles. The number of rotatable bonds is 14. The van der Waals surface area contributed by atoms with Gasteiger partial charge in [-0.3, -0.25) is 19.5 Å². The number of nitrogens with one attached hydrogen (secondary N) is 1. The minimum absolute atomic E-state index is 0.0406. The number of nitrogens with zero attached hydrogens (tertiary/aromatic N) is 4. The highest BCUT2D eigenvalue weighted by atomic mass is 32.2. The molecule has 0 aliphatic rings. The fraction of sp³-hybridized carbons (Fsp3) is 0.229. The van der Waals surface area contributed by atoms with Crippen molar-refractivity contribution in [3.05, 3.63) is 147 Å². The maximum Gasteiger partial charge on any atom is 0.269 e. The van der Waals surface area contributed by atoms with Crippen molar-refractivity contribution in [3.63, 3.8) is 0 Å². The van der Waals surface area contributed by atoms with E-state index in [4.69, 9.17) is 0 Å². The molecule has 0 aliphatic carbocycles. The van der Waals surface area contributed by atoms with Crippen molar-refractivity contribution in [1.82, 2.24) is 20.1 Å². The van der Waals surface area contributed by atoms with Crippen LogP contribution in [0.2, 0.25) is 0 Å². The van der Waals surface area contributed by atoms with Crippen LogP contribution in [0.4, 0.5) is 10.1 Å². The van der Waals surface area contributed by atoms with Gasteiger partial charge in [0.05, 0.1) is 11.0 Å². The van der Waals surface area contributed by atoms with Crippen molar-refractivity contribution in [2.45, 2.75) is 56.0 Å². The number of hydrogen-bond acceptors (Lipinski definition) is 6. The van der Waals surface area contributed by atoms with Gasteiger partial charge in [-0.15, -0.1) is 10.2 Å². The molecule has 1 atom stereocenters. The van der Waals surface area contributed by atoms with Crippen LogP contribution in [-0.4, -0.2) is 25.6 Å². The number of aryl methyl sites for hydroxylation is 1. The average Bonchev–Trinajstić information content (AvgIpc) is 3.49. The number of aromatic nitrogens is 3. The zero-order chi connectivity index (χ0) is 31.6. The first-order valence-electron chi connectivity index (χ1n) is 14.9. The molecule has 0 saturated heterocycles. The van der Waals surface area contributed by atoms with Gasteiger partial charge in [0.2, 0.25) is 0 Å². The number of amides is 1. The van der Waals surface area contributed by atoms with E-state index in [-0.39, 0.29) is 17.4 Å². The minimum atomic E-state index is -0.577. The number of thioether (sulfide) groups is 1. The maximum absolute atomic E-state index is 13.6. The first-order chi connectivity index (χ1) is 21.9. The summed E-state index contributed by atoms with van der Waals surface area (Å²) in [7, 11) is 0. The molecule has 0 spiro atoms. The highest BCUT2D eigenvalue weighted by Crippen LogP contribution is 2.30.